The van der Waals surface area contributed by atoms with Crippen LogP contribution in [0.2, 0.25) is 5.02 Å². The summed E-state index contributed by atoms with van der Waals surface area (Å²) in [6.45, 7) is 2.98. The SMILES string of the molecule is Cc1ccc(NS(=O)(=O)Cc2cccc(Cl)c2)c(=O)n1C(C(N)=O)C(C)ON=C(N)N. The van der Waals surface area contributed by atoms with Crippen molar-refractivity contribution >= 4 is 39.2 Å². The molecule has 11 nitrogen and oxygen atoms in total. The van der Waals surface area contributed by atoms with Crippen LogP contribution in [0, 0.1) is 6.92 Å². The minimum Gasteiger partial charge on any atom is -0.387 e. The molecule has 0 spiro atoms. The first-order chi connectivity index (χ1) is 14.4. The fourth-order valence-corrected chi connectivity index (χ4v) is 4.28. The van der Waals surface area contributed by atoms with E-state index < -0.39 is 39.4 Å². The van der Waals surface area contributed by atoms with Crippen LogP contribution in [0.5, 0.6) is 0 Å². The Bertz CT molecular complexity index is 1160. The molecule has 1 amide bonds. The lowest BCUT2D eigenvalue weighted by atomic mass is 10.1. The third-order valence-electron chi connectivity index (χ3n) is 4.17. The van der Waals surface area contributed by atoms with Crippen molar-refractivity contribution in [1.82, 2.24) is 4.57 Å². The highest BCUT2D eigenvalue weighted by Crippen LogP contribution is 2.19. The van der Waals surface area contributed by atoms with Crippen molar-refractivity contribution in [2.75, 3.05) is 4.72 Å². The fraction of sp³-hybridized carbons (Fsp3) is 0.278. The zero-order valence-electron chi connectivity index (χ0n) is 16.8. The van der Waals surface area contributed by atoms with Gasteiger partial charge in [0.05, 0.1) is 5.75 Å². The summed E-state index contributed by atoms with van der Waals surface area (Å²) in [5.41, 5.74) is 15.6. The number of guanidine groups is 1. The topological polar surface area (TPSA) is 185 Å². The number of benzene rings is 1. The number of primary amides is 1. The van der Waals surface area contributed by atoms with Gasteiger partial charge in [-0.1, -0.05) is 23.7 Å². The third kappa shape index (κ3) is 6.36. The Morgan fingerprint density at radius 1 is 1.26 bits per heavy atom. The summed E-state index contributed by atoms with van der Waals surface area (Å²) < 4.78 is 28.4. The van der Waals surface area contributed by atoms with Gasteiger partial charge in [0.15, 0.2) is 12.1 Å². The van der Waals surface area contributed by atoms with Crippen molar-refractivity contribution in [3.8, 4) is 0 Å². The average molecular weight is 471 g/mol. The number of carbonyl (C=O) groups excluding carboxylic acids is 1. The first-order valence-electron chi connectivity index (χ1n) is 8.92. The number of anilines is 1. The summed E-state index contributed by atoms with van der Waals surface area (Å²) in [5, 5.41) is 3.75. The number of halogens is 1. The van der Waals surface area contributed by atoms with Crippen molar-refractivity contribution in [3.63, 3.8) is 0 Å². The van der Waals surface area contributed by atoms with Crippen LogP contribution in [0.15, 0.2) is 46.3 Å². The number of nitrogens with zero attached hydrogens (tertiary/aromatic N) is 2. The zero-order valence-corrected chi connectivity index (χ0v) is 18.4. The Morgan fingerprint density at radius 2 is 1.94 bits per heavy atom. The number of oxime groups is 1. The van der Waals surface area contributed by atoms with Gasteiger partial charge in [-0.05, 0) is 48.8 Å². The highest BCUT2D eigenvalue weighted by Gasteiger charge is 2.30. The van der Waals surface area contributed by atoms with Gasteiger partial charge >= 0.3 is 0 Å². The Hall–Kier alpha value is -3.25. The maximum atomic E-state index is 13.0. The predicted molar refractivity (Wildman–Crippen MR) is 118 cm³/mol. The molecule has 2 atom stereocenters. The maximum absolute atomic E-state index is 13.0. The molecule has 1 aromatic carbocycles. The van der Waals surface area contributed by atoms with E-state index in [0.717, 1.165) is 4.57 Å². The molecule has 0 aliphatic carbocycles. The monoisotopic (exact) mass is 470 g/mol. The molecule has 2 rings (SSSR count). The van der Waals surface area contributed by atoms with Gasteiger partial charge in [0.1, 0.15) is 5.69 Å². The first kappa shape index (κ1) is 24.0. The van der Waals surface area contributed by atoms with Gasteiger partial charge in [0.25, 0.3) is 5.56 Å². The van der Waals surface area contributed by atoms with Crippen molar-refractivity contribution in [2.24, 2.45) is 22.4 Å². The molecule has 7 N–H and O–H groups in total. The molecule has 0 aliphatic rings. The van der Waals surface area contributed by atoms with E-state index in [2.05, 4.69) is 9.88 Å². The van der Waals surface area contributed by atoms with Crippen molar-refractivity contribution in [2.45, 2.75) is 31.7 Å². The molecule has 0 aliphatic heterocycles. The van der Waals surface area contributed by atoms with Crippen LogP contribution in [-0.4, -0.2) is 31.0 Å². The van der Waals surface area contributed by atoms with E-state index in [0.29, 0.717) is 16.3 Å². The molecule has 0 saturated heterocycles. The number of sulfonamides is 1. The van der Waals surface area contributed by atoms with Crippen LogP contribution in [0.3, 0.4) is 0 Å². The summed E-state index contributed by atoms with van der Waals surface area (Å²) in [7, 11) is -3.97. The van der Waals surface area contributed by atoms with E-state index >= 15 is 0 Å². The van der Waals surface area contributed by atoms with Crippen LogP contribution in [0.25, 0.3) is 0 Å². The molecule has 0 fully saturated rings. The lowest BCUT2D eigenvalue weighted by molar-refractivity contribution is -0.125. The standard InChI is InChI=1S/C18H23ClN6O5S/c1-10-6-7-14(24-31(28,29)9-12-4-3-5-13(19)8-12)17(27)25(10)15(16(20)26)11(2)30-23-18(21)22/h3-8,11,15,24H,9H2,1-2H3,(H2,20,26)(H4,21,22,23). The Labute approximate surface area is 183 Å². The lowest BCUT2D eigenvalue weighted by Gasteiger charge is -2.24. The maximum Gasteiger partial charge on any atom is 0.275 e. The van der Waals surface area contributed by atoms with Crippen LogP contribution in [-0.2, 0) is 25.4 Å². The molecule has 1 heterocycles. The third-order valence-corrected chi connectivity index (χ3v) is 5.65. The molecule has 168 valence electrons. The number of aryl methyl sites for hydroxylation is 1. The molecule has 0 bridgehead atoms. The molecule has 31 heavy (non-hydrogen) atoms. The van der Waals surface area contributed by atoms with Crippen molar-refractivity contribution in [3.05, 3.63) is 63.0 Å². The summed E-state index contributed by atoms with van der Waals surface area (Å²) >= 11 is 5.89. The van der Waals surface area contributed by atoms with Gasteiger partial charge in [0.2, 0.25) is 21.9 Å². The molecule has 1 aromatic heterocycles. The van der Waals surface area contributed by atoms with E-state index in [4.69, 9.17) is 33.6 Å². The summed E-state index contributed by atoms with van der Waals surface area (Å²) in [4.78, 5) is 30.2. The number of rotatable bonds is 9. The summed E-state index contributed by atoms with van der Waals surface area (Å²) in [6.07, 6.45) is -1.03. The highest BCUT2D eigenvalue weighted by atomic mass is 35.5. The Kier molecular flexibility index (Phi) is 7.52. The van der Waals surface area contributed by atoms with Gasteiger partial charge < -0.3 is 22.0 Å². The van der Waals surface area contributed by atoms with Gasteiger partial charge in [-0.25, -0.2) is 8.42 Å². The van der Waals surface area contributed by atoms with Gasteiger partial charge in [-0.15, -0.1) is 0 Å². The quantitative estimate of drug-likeness (QED) is 0.231. The first-order valence-corrected chi connectivity index (χ1v) is 11.0. The van der Waals surface area contributed by atoms with Gasteiger partial charge in [0, 0.05) is 10.7 Å². The Balaban J connectivity index is 2.41. The van der Waals surface area contributed by atoms with Crippen LogP contribution >= 0.6 is 11.6 Å². The molecule has 0 radical (unpaired) electrons. The average Bonchev–Trinajstić information content (AvgIpc) is 2.64. The van der Waals surface area contributed by atoms with E-state index in [1.807, 2.05) is 0 Å². The Morgan fingerprint density at radius 3 is 2.52 bits per heavy atom. The normalized spacial score (nSPS) is 13.1. The van der Waals surface area contributed by atoms with Gasteiger partial charge in [-0.3, -0.25) is 18.9 Å². The molecule has 2 aromatic rings. The number of nitrogens with one attached hydrogen (secondary N) is 1. The fourth-order valence-electron chi connectivity index (χ4n) is 2.89. The predicted octanol–water partition coefficient (Wildman–Crippen LogP) is 0.372. The van der Waals surface area contributed by atoms with Crippen molar-refractivity contribution in [1.29, 1.82) is 0 Å². The largest absolute Gasteiger partial charge is 0.387 e. The zero-order chi connectivity index (χ0) is 23.3. The minimum atomic E-state index is -3.97. The number of aromatic nitrogens is 1. The second-order valence-corrected chi connectivity index (χ2v) is 8.89. The number of hydrogen-bond acceptors (Lipinski definition) is 6. The smallest absolute Gasteiger partial charge is 0.275 e. The van der Waals surface area contributed by atoms with Gasteiger partial charge in [-0.2, -0.15) is 0 Å². The van der Waals surface area contributed by atoms with Crippen LogP contribution < -0.4 is 27.5 Å². The number of pyridine rings is 1. The second kappa shape index (κ2) is 9.71. The van der Waals surface area contributed by atoms with E-state index in [9.17, 15) is 18.0 Å². The summed E-state index contributed by atoms with van der Waals surface area (Å²) in [5.74, 6) is -1.70. The van der Waals surface area contributed by atoms with Crippen molar-refractivity contribution < 1.29 is 18.0 Å². The highest BCUT2D eigenvalue weighted by molar-refractivity contribution is 7.91. The minimum absolute atomic E-state index is 0.270. The molecule has 0 saturated carbocycles. The number of nitrogens with two attached hydrogens (primary N) is 3. The summed E-state index contributed by atoms with van der Waals surface area (Å²) in [6, 6.07) is 7.75. The number of hydrogen-bond donors (Lipinski definition) is 4. The number of carbonyl (C=O) groups is 1. The van der Waals surface area contributed by atoms with E-state index in [1.165, 1.54) is 25.1 Å². The molecular formula is C18H23ClN6O5S. The number of amides is 1. The molecule has 13 heteroatoms. The second-order valence-electron chi connectivity index (χ2n) is 6.73. The van der Waals surface area contributed by atoms with E-state index in [1.54, 1.807) is 25.1 Å². The molecule has 2 unspecified atom stereocenters. The van der Waals surface area contributed by atoms with E-state index in [-0.39, 0.29) is 11.6 Å². The lowest BCUT2D eigenvalue weighted by Crippen LogP contribution is -2.42. The van der Waals surface area contributed by atoms with Crippen LogP contribution in [0.1, 0.15) is 24.2 Å². The molecular weight excluding hydrogens is 448 g/mol. The van der Waals surface area contributed by atoms with Crippen LogP contribution in [0.4, 0.5) is 5.69 Å².